The summed E-state index contributed by atoms with van der Waals surface area (Å²) in [4.78, 5) is 20.4. The third-order valence-corrected chi connectivity index (χ3v) is 3.69. The summed E-state index contributed by atoms with van der Waals surface area (Å²) in [5.74, 6) is 0.567. The average molecular weight is 296 g/mol. The number of amides is 1. The summed E-state index contributed by atoms with van der Waals surface area (Å²) < 4.78 is 5.45. The molecule has 2 fully saturated rings. The molecule has 0 atom stereocenters. The summed E-state index contributed by atoms with van der Waals surface area (Å²) in [6, 6.07) is 0.872. The summed E-state index contributed by atoms with van der Waals surface area (Å²) >= 11 is 0. The zero-order valence-corrected chi connectivity index (χ0v) is 13.6. The first-order valence-corrected chi connectivity index (χ1v) is 7.80. The van der Waals surface area contributed by atoms with Gasteiger partial charge in [0.1, 0.15) is 5.60 Å². The Kier molecular flexibility index (Phi) is 4.64. The molecule has 21 heavy (non-hydrogen) atoms. The Hall–Kier alpha value is -1.46. The zero-order chi connectivity index (χ0) is 15.6. The van der Waals surface area contributed by atoms with E-state index in [1.807, 2.05) is 32.7 Å². The Bertz CT molecular complexity index is 408. The quantitative estimate of drug-likeness (QED) is 0.620. The summed E-state index contributed by atoms with van der Waals surface area (Å²) in [5.41, 5.74) is 5.50. The van der Waals surface area contributed by atoms with Crippen molar-refractivity contribution in [1.82, 2.24) is 9.80 Å². The lowest BCUT2D eigenvalue weighted by Crippen LogP contribution is -2.40. The van der Waals surface area contributed by atoms with Crippen molar-refractivity contribution in [3.05, 3.63) is 0 Å². The van der Waals surface area contributed by atoms with E-state index in [9.17, 15) is 4.79 Å². The SMILES string of the molecule is CN(C(N)=NCCN(C(=O)OC(C)(C)C)C1CC1)C1CC1. The molecular weight excluding hydrogens is 268 g/mol. The second-order valence-electron chi connectivity index (χ2n) is 6.99. The predicted octanol–water partition coefficient (Wildman–Crippen LogP) is 1.79. The lowest BCUT2D eigenvalue weighted by Gasteiger charge is -2.27. The van der Waals surface area contributed by atoms with Gasteiger partial charge in [-0.15, -0.1) is 0 Å². The van der Waals surface area contributed by atoms with Crippen LogP contribution in [0.15, 0.2) is 4.99 Å². The number of nitrogens with two attached hydrogens (primary N) is 1. The van der Waals surface area contributed by atoms with Crippen LogP contribution in [0, 0.1) is 0 Å². The van der Waals surface area contributed by atoms with E-state index in [0.717, 1.165) is 12.8 Å². The van der Waals surface area contributed by atoms with Gasteiger partial charge in [0.25, 0.3) is 0 Å². The molecular formula is C15H28N4O2. The topological polar surface area (TPSA) is 71.2 Å². The van der Waals surface area contributed by atoms with Crippen molar-refractivity contribution in [3.63, 3.8) is 0 Å². The fourth-order valence-corrected chi connectivity index (χ4v) is 2.16. The maximum Gasteiger partial charge on any atom is 0.410 e. The Morgan fingerprint density at radius 3 is 2.29 bits per heavy atom. The normalized spacial score (nSPS) is 19.3. The number of carbonyl (C=O) groups is 1. The molecule has 2 saturated carbocycles. The van der Waals surface area contributed by atoms with Crippen molar-refractivity contribution >= 4 is 12.1 Å². The Morgan fingerprint density at radius 1 is 1.24 bits per heavy atom. The number of ether oxygens (including phenoxy) is 1. The van der Waals surface area contributed by atoms with Crippen molar-refractivity contribution in [2.45, 2.75) is 64.1 Å². The molecule has 1 amide bonds. The van der Waals surface area contributed by atoms with Gasteiger partial charge in [-0.05, 0) is 46.5 Å². The smallest absolute Gasteiger partial charge is 0.410 e. The van der Waals surface area contributed by atoms with Gasteiger partial charge in [0.2, 0.25) is 0 Å². The maximum atomic E-state index is 12.2. The second-order valence-corrected chi connectivity index (χ2v) is 6.99. The molecule has 2 rings (SSSR count). The number of guanidine groups is 1. The largest absolute Gasteiger partial charge is 0.444 e. The highest BCUT2D eigenvalue weighted by atomic mass is 16.6. The van der Waals surface area contributed by atoms with Crippen LogP contribution in [-0.2, 0) is 4.74 Å². The van der Waals surface area contributed by atoms with E-state index >= 15 is 0 Å². The Labute approximate surface area is 127 Å². The van der Waals surface area contributed by atoms with Crippen molar-refractivity contribution in [1.29, 1.82) is 0 Å². The summed E-state index contributed by atoms with van der Waals surface area (Å²) in [7, 11) is 1.98. The first kappa shape index (κ1) is 15.9. The van der Waals surface area contributed by atoms with Gasteiger partial charge in [-0.2, -0.15) is 0 Å². The molecule has 0 aromatic carbocycles. The van der Waals surface area contributed by atoms with Crippen LogP contribution in [0.2, 0.25) is 0 Å². The fraction of sp³-hybridized carbons (Fsp3) is 0.867. The van der Waals surface area contributed by atoms with Gasteiger partial charge in [0.15, 0.2) is 5.96 Å². The third-order valence-electron chi connectivity index (χ3n) is 3.69. The van der Waals surface area contributed by atoms with Gasteiger partial charge >= 0.3 is 6.09 Å². The fourth-order valence-electron chi connectivity index (χ4n) is 2.16. The number of carbonyl (C=O) groups excluding carboxylic acids is 1. The molecule has 6 nitrogen and oxygen atoms in total. The summed E-state index contributed by atoms with van der Waals surface area (Å²) in [6.45, 7) is 6.75. The van der Waals surface area contributed by atoms with Crippen LogP contribution in [0.4, 0.5) is 4.79 Å². The van der Waals surface area contributed by atoms with Crippen molar-refractivity contribution in [2.24, 2.45) is 10.7 Å². The first-order chi connectivity index (χ1) is 9.78. The lowest BCUT2D eigenvalue weighted by molar-refractivity contribution is 0.0240. The van der Waals surface area contributed by atoms with Crippen LogP contribution < -0.4 is 5.73 Å². The average Bonchev–Trinajstić information content (AvgIpc) is 3.24. The minimum atomic E-state index is -0.460. The third kappa shape index (κ3) is 5.10. The van der Waals surface area contributed by atoms with Crippen LogP contribution in [-0.4, -0.2) is 59.7 Å². The molecule has 0 heterocycles. The molecule has 0 saturated heterocycles. The van der Waals surface area contributed by atoms with Gasteiger partial charge in [-0.3, -0.25) is 4.99 Å². The number of hydrogen-bond donors (Lipinski definition) is 1. The summed E-state index contributed by atoms with van der Waals surface area (Å²) in [5, 5.41) is 0. The number of rotatable bonds is 5. The standard InChI is InChI=1S/C15H28N4O2/c1-15(2,3)21-14(20)19(12-7-8-12)10-9-17-13(16)18(4)11-5-6-11/h11-12H,5-10H2,1-4H3,(H2,16,17). The molecule has 120 valence electrons. The number of nitrogens with zero attached hydrogens (tertiary/aromatic N) is 3. The Balaban J connectivity index is 1.82. The van der Waals surface area contributed by atoms with Crippen LogP contribution >= 0.6 is 0 Å². The molecule has 2 aliphatic rings. The van der Waals surface area contributed by atoms with E-state index in [2.05, 4.69) is 4.99 Å². The van der Waals surface area contributed by atoms with Crippen molar-refractivity contribution < 1.29 is 9.53 Å². The minimum absolute atomic E-state index is 0.241. The highest BCUT2D eigenvalue weighted by Crippen LogP contribution is 2.28. The molecule has 0 radical (unpaired) electrons. The van der Waals surface area contributed by atoms with Gasteiger partial charge in [0.05, 0.1) is 6.54 Å². The van der Waals surface area contributed by atoms with Crippen LogP contribution in [0.3, 0.4) is 0 Å². The Morgan fingerprint density at radius 2 is 1.81 bits per heavy atom. The molecule has 2 aliphatic carbocycles. The lowest BCUT2D eigenvalue weighted by atomic mass is 10.2. The maximum absolute atomic E-state index is 12.2. The molecule has 0 spiro atoms. The molecule has 2 N–H and O–H groups in total. The van der Waals surface area contributed by atoms with E-state index < -0.39 is 5.60 Å². The van der Waals surface area contributed by atoms with Gasteiger partial charge in [-0.25, -0.2) is 4.79 Å². The molecule has 0 aromatic heterocycles. The van der Waals surface area contributed by atoms with Gasteiger partial charge < -0.3 is 20.3 Å². The molecule has 0 aliphatic heterocycles. The van der Waals surface area contributed by atoms with Gasteiger partial charge in [-0.1, -0.05) is 0 Å². The number of aliphatic imine (C=N–C) groups is 1. The highest BCUT2D eigenvalue weighted by Gasteiger charge is 2.35. The van der Waals surface area contributed by atoms with E-state index in [4.69, 9.17) is 10.5 Å². The van der Waals surface area contributed by atoms with Crippen LogP contribution in [0.25, 0.3) is 0 Å². The van der Waals surface area contributed by atoms with E-state index in [1.54, 1.807) is 4.90 Å². The molecule has 6 heteroatoms. The van der Waals surface area contributed by atoms with Gasteiger partial charge in [0, 0.05) is 25.7 Å². The number of hydrogen-bond acceptors (Lipinski definition) is 3. The first-order valence-electron chi connectivity index (χ1n) is 7.80. The zero-order valence-electron chi connectivity index (χ0n) is 13.6. The predicted molar refractivity (Wildman–Crippen MR) is 83.2 cm³/mol. The second kappa shape index (κ2) is 6.12. The minimum Gasteiger partial charge on any atom is -0.444 e. The van der Waals surface area contributed by atoms with E-state index in [-0.39, 0.29) is 6.09 Å². The van der Waals surface area contributed by atoms with Crippen molar-refractivity contribution in [3.8, 4) is 0 Å². The summed E-state index contributed by atoms with van der Waals surface area (Å²) in [6.07, 6.45) is 4.26. The highest BCUT2D eigenvalue weighted by molar-refractivity contribution is 5.78. The monoisotopic (exact) mass is 296 g/mol. The molecule has 0 aromatic rings. The van der Waals surface area contributed by atoms with E-state index in [0.29, 0.717) is 31.1 Å². The van der Waals surface area contributed by atoms with E-state index in [1.165, 1.54) is 12.8 Å². The molecule has 0 unspecified atom stereocenters. The van der Waals surface area contributed by atoms with Crippen LogP contribution in [0.1, 0.15) is 46.5 Å². The van der Waals surface area contributed by atoms with Crippen LogP contribution in [0.5, 0.6) is 0 Å². The van der Waals surface area contributed by atoms with Crippen molar-refractivity contribution in [2.75, 3.05) is 20.1 Å². The molecule has 0 bridgehead atoms.